The van der Waals surface area contributed by atoms with Crippen LogP contribution in [-0.2, 0) is 14.8 Å². The minimum Gasteiger partial charge on any atom is -0.326 e. The van der Waals surface area contributed by atoms with Gasteiger partial charge in [0.2, 0.25) is 15.9 Å². The Kier molecular flexibility index (Phi) is 5.48. The van der Waals surface area contributed by atoms with E-state index < -0.39 is 10.0 Å². The van der Waals surface area contributed by atoms with E-state index in [-0.39, 0.29) is 16.7 Å². The molecule has 2 aromatic heterocycles. The lowest BCUT2D eigenvalue weighted by molar-refractivity contribution is -0.114. The second-order valence-corrected chi connectivity index (χ2v) is 9.38. The van der Waals surface area contributed by atoms with E-state index in [1.807, 2.05) is 19.1 Å². The van der Waals surface area contributed by atoms with Crippen molar-refractivity contribution in [1.29, 1.82) is 0 Å². The molecule has 0 aliphatic carbocycles. The van der Waals surface area contributed by atoms with E-state index in [1.54, 1.807) is 18.3 Å². The monoisotopic (exact) mass is 425 g/mol. The third kappa shape index (κ3) is 4.03. The van der Waals surface area contributed by atoms with Gasteiger partial charge in [-0.2, -0.15) is 4.31 Å². The van der Waals surface area contributed by atoms with E-state index in [4.69, 9.17) is 0 Å². The second-order valence-electron chi connectivity index (χ2n) is 7.44. The van der Waals surface area contributed by atoms with Gasteiger partial charge in [0.1, 0.15) is 5.82 Å². The lowest BCUT2D eigenvalue weighted by atomic mass is 9.94. The van der Waals surface area contributed by atoms with E-state index in [9.17, 15) is 13.2 Å². The van der Waals surface area contributed by atoms with Crippen molar-refractivity contribution in [3.63, 3.8) is 0 Å². The van der Waals surface area contributed by atoms with E-state index in [0.29, 0.717) is 30.2 Å². The first-order valence-electron chi connectivity index (χ1n) is 9.81. The van der Waals surface area contributed by atoms with Gasteiger partial charge in [0.15, 0.2) is 5.65 Å². The number of hydrogen-bond donors (Lipinski definition) is 1. The number of nitrogens with one attached hydrogen (secondary N) is 1. The van der Waals surface area contributed by atoms with Gasteiger partial charge in [0.05, 0.1) is 10.6 Å². The fourth-order valence-corrected chi connectivity index (χ4v) is 5.38. The van der Waals surface area contributed by atoms with Gasteiger partial charge < -0.3 is 5.32 Å². The number of carbonyl (C=O) groups is 1. The van der Waals surface area contributed by atoms with Crippen molar-refractivity contribution in [3.05, 3.63) is 54.1 Å². The number of fused-ring (bicyclic) bond motifs is 1. The number of aromatic nitrogens is 3. The Morgan fingerprint density at radius 1 is 1.17 bits per heavy atom. The van der Waals surface area contributed by atoms with Gasteiger partial charge in [-0.3, -0.25) is 4.79 Å². The van der Waals surface area contributed by atoms with Crippen molar-refractivity contribution in [2.45, 2.75) is 37.5 Å². The maximum absolute atomic E-state index is 13.2. The van der Waals surface area contributed by atoms with E-state index in [0.717, 1.165) is 23.9 Å². The van der Waals surface area contributed by atoms with Crippen LogP contribution in [0.4, 0.5) is 5.69 Å². The number of rotatable bonds is 4. The first kappa shape index (κ1) is 20.4. The van der Waals surface area contributed by atoms with E-state index >= 15 is 0 Å². The van der Waals surface area contributed by atoms with Crippen LogP contribution >= 0.6 is 0 Å². The summed E-state index contributed by atoms with van der Waals surface area (Å²) < 4.78 is 28.0. The summed E-state index contributed by atoms with van der Waals surface area (Å²) in [4.78, 5) is 24.7. The van der Waals surface area contributed by atoms with Crippen molar-refractivity contribution in [3.8, 4) is 0 Å². The second kappa shape index (κ2) is 8.08. The Labute approximate surface area is 175 Å². The highest BCUT2D eigenvalue weighted by Gasteiger charge is 2.32. The number of hydrogen-bond acceptors (Lipinski definition) is 6. The Morgan fingerprint density at radius 3 is 2.67 bits per heavy atom. The van der Waals surface area contributed by atoms with Crippen LogP contribution in [0.3, 0.4) is 0 Å². The van der Waals surface area contributed by atoms with Crippen molar-refractivity contribution in [2.24, 2.45) is 0 Å². The molecular formula is C21H23N5O3S. The molecule has 3 aromatic rings. The van der Waals surface area contributed by atoms with Crippen molar-refractivity contribution >= 4 is 32.7 Å². The molecular weight excluding hydrogens is 402 g/mol. The quantitative estimate of drug-likeness (QED) is 0.689. The normalized spacial score (nSPS) is 17.7. The average Bonchev–Trinajstić information content (AvgIpc) is 2.73. The Bertz CT molecular complexity index is 1190. The number of anilines is 1. The molecule has 1 atom stereocenters. The lowest BCUT2D eigenvalue weighted by Gasteiger charge is -2.32. The van der Waals surface area contributed by atoms with Gasteiger partial charge in [-0.05, 0) is 56.2 Å². The van der Waals surface area contributed by atoms with E-state index in [1.165, 1.54) is 23.4 Å². The summed E-state index contributed by atoms with van der Waals surface area (Å²) in [5.74, 6) is 0.400. The van der Waals surface area contributed by atoms with Gasteiger partial charge in [0.25, 0.3) is 0 Å². The molecule has 0 saturated carbocycles. The molecule has 4 rings (SSSR count). The van der Waals surface area contributed by atoms with Gasteiger partial charge in [0, 0.05) is 43.2 Å². The number of carbonyl (C=O) groups excluding carboxylic acids is 1. The summed E-state index contributed by atoms with van der Waals surface area (Å²) in [5.41, 5.74) is 2.05. The molecule has 1 saturated heterocycles. The van der Waals surface area contributed by atoms with Crippen LogP contribution in [0.15, 0.2) is 47.5 Å². The lowest BCUT2D eigenvalue weighted by Crippen LogP contribution is -2.39. The smallest absolute Gasteiger partial charge is 0.243 e. The summed E-state index contributed by atoms with van der Waals surface area (Å²) in [6.45, 7) is 4.06. The van der Waals surface area contributed by atoms with Crippen molar-refractivity contribution < 1.29 is 13.2 Å². The first-order valence-corrected chi connectivity index (χ1v) is 11.3. The molecule has 1 aromatic carbocycles. The number of benzene rings is 1. The third-order valence-electron chi connectivity index (χ3n) is 5.20. The van der Waals surface area contributed by atoms with Gasteiger partial charge >= 0.3 is 0 Å². The summed E-state index contributed by atoms with van der Waals surface area (Å²) in [6.07, 6.45) is 3.30. The van der Waals surface area contributed by atoms with Crippen LogP contribution in [0.5, 0.6) is 0 Å². The standard InChI is InChI=1S/C21H23N5O3S/c1-14-23-20(19-6-3-11-22-21(19)24-14)16-5-4-12-26(13-16)30(28,29)18-9-7-17(8-10-18)25-15(2)27/h3,6-11,16H,4-5,12-13H2,1-2H3,(H,25,27). The molecule has 30 heavy (non-hydrogen) atoms. The predicted octanol–water partition coefficient (Wildman–Crippen LogP) is 2.86. The molecule has 1 aliphatic rings. The third-order valence-corrected chi connectivity index (χ3v) is 7.08. The molecule has 3 heterocycles. The molecule has 1 amide bonds. The van der Waals surface area contributed by atoms with Gasteiger partial charge in [-0.15, -0.1) is 0 Å². The molecule has 1 N–H and O–H groups in total. The number of piperidine rings is 1. The fourth-order valence-electron chi connectivity index (χ4n) is 3.86. The molecule has 0 radical (unpaired) electrons. The number of pyridine rings is 1. The zero-order valence-electron chi connectivity index (χ0n) is 16.9. The predicted molar refractivity (Wildman–Crippen MR) is 114 cm³/mol. The van der Waals surface area contributed by atoms with Crippen LogP contribution in [0.1, 0.15) is 37.2 Å². The Balaban J connectivity index is 1.62. The fraction of sp³-hybridized carbons (Fsp3) is 0.333. The van der Waals surface area contributed by atoms with Crippen LogP contribution in [0, 0.1) is 6.92 Å². The highest BCUT2D eigenvalue weighted by molar-refractivity contribution is 7.89. The zero-order valence-corrected chi connectivity index (χ0v) is 17.7. The van der Waals surface area contributed by atoms with Crippen LogP contribution in [-0.4, -0.2) is 46.7 Å². The van der Waals surface area contributed by atoms with Crippen LogP contribution < -0.4 is 5.32 Å². The molecule has 1 aliphatic heterocycles. The Hall–Kier alpha value is -2.91. The number of nitrogens with zero attached hydrogens (tertiary/aromatic N) is 4. The summed E-state index contributed by atoms with van der Waals surface area (Å²) in [5, 5.41) is 3.51. The molecule has 156 valence electrons. The molecule has 1 fully saturated rings. The van der Waals surface area contributed by atoms with Crippen LogP contribution in [0.2, 0.25) is 0 Å². The minimum absolute atomic E-state index is 0.0272. The Morgan fingerprint density at radius 2 is 1.93 bits per heavy atom. The molecule has 0 bridgehead atoms. The van der Waals surface area contributed by atoms with Crippen LogP contribution in [0.25, 0.3) is 11.0 Å². The number of amides is 1. The highest BCUT2D eigenvalue weighted by atomic mass is 32.2. The SMILES string of the molecule is CC(=O)Nc1ccc(S(=O)(=O)N2CCCC(c3nc(C)nc4ncccc34)C2)cc1. The molecule has 1 unspecified atom stereocenters. The zero-order chi connectivity index (χ0) is 21.3. The maximum atomic E-state index is 13.2. The maximum Gasteiger partial charge on any atom is 0.243 e. The summed E-state index contributed by atoms with van der Waals surface area (Å²) >= 11 is 0. The highest BCUT2D eigenvalue weighted by Crippen LogP contribution is 2.32. The molecule has 9 heteroatoms. The topological polar surface area (TPSA) is 105 Å². The van der Waals surface area contributed by atoms with E-state index in [2.05, 4.69) is 20.3 Å². The molecule has 0 spiro atoms. The minimum atomic E-state index is -3.65. The average molecular weight is 426 g/mol. The van der Waals surface area contributed by atoms with Crippen molar-refractivity contribution in [2.75, 3.05) is 18.4 Å². The number of sulfonamides is 1. The largest absolute Gasteiger partial charge is 0.326 e. The number of aryl methyl sites for hydroxylation is 1. The molecule has 8 nitrogen and oxygen atoms in total. The summed E-state index contributed by atoms with van der Waals surface area (Å²) in [7, 11) is -3.65. The summed E-state index contributed by atoms with van der Waals surface area (Å²) in [6, 6.07) is 10.0. The first-order chi connectivity index (χ1) is 14.3. The van der Waals surface area contributed by atoms with Gasteiger partial charge in [-0.1, -0.05) is 0 Å². The van der Waals surface area contributed by atoms with Gasteiger partial charge in [-0.25, -0.2) is 23.4 Å². The van der Waals surface area contributed by atoms with Crippen molar-refractivity contribution in [1.82, 2.24) is 19.3 Å².